The first-order chi connectivity index (χ1) is 45.2. The van der Waals surface area contributed by atoms with Crippen molar-refractivity contribution in [3.05, 3.63) is 0 Å². The fourth-order valence-corrected chi connectivity index (χ4v) is 13.1. The summed E-state index contributed by atoms with van der Waals surface area (Å²) in [5, 5.41) is 251. The summed E-state index contributed by atoms with van der Waals surface area (Å²) in [4.78, 5) is 12.7. The van der Waals surface area contributed by atoms with E-state index in [1.807, 2.05) is 0 Å². The van der Waals surface area contributed by atoms with E-state index in [0.29, 0.717) is 0 Å². The van der Waals surface area contributed by atoms with Gasteiger partial charge in [0.2, 0.25) is 0 Å². The lowest BCUT2D eigenvalue weighted by Crippen LogP contribution is -2.68. The van der Waals surface area contributed by atoms with Gasteiger partial charge in [0.05, 0.1) is 101 Å². The van der Waals surface area contributed by atoms with Crippen molar-refractivity contribution in [2.75, 3.05) is 46.2 Å². The van der Waals surface area contributed by atoms with Gasteiger partial charge in [-0.3, -0.25) is 0 Å². The molecular formula is C56H97NO39. The zero-order chi connectivity index (χ0) is 71.0. The van der Waals surface area contributed by atoms with Crippen molar-refractivity contribution < 1.29 is 193 Å². The second-order valence-corrected chi connectivity index (χ2v) is 25.8. The van der Waals surface area contributed by atoms with Crippen molar-refractivity contribution in [3.8, 4) is 0 Å². The Kier molecular flexibility index (Phi) is 27.9. The SMILES string of the molecule is CC1OC(O[C@@H]2C(CO)O[C@@H](OC3C(O)[C@H](O)[C@@H](CO)O[C@@H]3OC3[C@H](O)C(CO[C@H]4OC(CO)[C@@H](O)C(O)[C@H]4O)O[C@@H](O[C@@H]4C(CO)O[C@@H](O[C@@H]5C(CO)O[C@@H](C)[C@@H](C)C5O)[C@@H](C)C4O)[C@@H]3O)[C@@H](C)C2O)[C@@H](O)[C@@H](O)[C@H]1C(O)O[C@]1(C(=O)O)C[C@@H](O)[C@@H](N)C(C(O)[C@H](O)CO)O1. The number of rotatable bonds is 25. The Balaban J connectivity index is 0.995. The van der Waals surface area contributed by atoms with Gasteiger partial charge in [0.1, 0.15) is 134 Å². The molecule has 8 aliphatic heterocycles. The molecule has 0 amide bonds. The standard InChI is InChI=1S/C56H97NO39/c1-14-17(4)83-23(10-61)42(29(14)66)90-49-15(2)30(67)44(25(12-63)87-49)92-53-41(78)46(35(72)26(89-53)13-82-51-40(77)37(74)33(70)21(8-59)85-51)93-54-47(38(75)34(71)22(9-60)86-54)94-50-16(3)31(68)43(24(11-62)88-50)91-52-39(76)36(73)27(18(5)84-52)48(79)96-56(55(80)81)6-19(64)28(57)45(95-56)32(69)20(65)7-58/h14-54,58-79H,6-13,57H2,1-5H3,(H,80,81)/t14-,15+,16+,17+,18?,19-,20-,21?,22-,23?,24?,25?,26?,27+,28-,29?,30?,31?,32?,33-,34-,35-,36+,37?,38?,39+,40-,41-,42-,43-,44-,45?,46?,47?,48?,49+,50+,51+,52?,53+,54-,56+/m1/s1. The van der Waals surface area contributed by atoms with Gasteiger partial charge < -0.3 is 194 Å². The number of carboxylic acid groups (broad SMARTS) is 1. The van der Waals surface area contributed by atoms with Crippen molar-refractivity contribution in [2.45, 2.75) is 274 Å². The minimum atomic E-state index is -3.05. The minimum absolute atomic E-state index is 0.501. The molecule has 0 saturated carbocycles. The quantitative estimate of drug-likeness (QED) is 0.0377. The molecule has 25 N–H and O–H groups in total. The fourth-order valence-electron chi connectivity index (χ4n) is 13.1. The molecule has 8 aliphatic rings. The zero-order valence-corrected chi connectivity index (χ0v) is 52.7. The van der Waals surface area contributed by atoms with Crippen molar-refractivity contribution in [1.82, 2.24) is 0 Å². The van der Waals surface area contributed by atoms with Gasteiger partial charge in [-0.2, -0.15) is 0 Å². The van der Waals surface area contributed by atoms with Gasteiger partial charge in [-0.15, -0.1) is 0 Å². The van der Waals surface area contributed by atoms with E-state index >= 15 is 0 Å². The van der Waals surface area contributed by atoms with Gasteiger partial charge in [-0.25, -0.2) is 4.79 Å². The highest BCUT2D eigenvalue weighted by Crippen LogP contribution is 2.42. The Bertz CT molecular complexity index is 2400. The maximum absolute atomic E-state index is 12.7. The van der Waals surface area contributed by atoms with E-state index in [1.165, 1.54) is 20.8 Å². The van der Waals surface area contributed by atoms with Crippen LogP contribution in [0.4, 0.5) is 0 Å². The molecule has 0 aromatic rings. The number of ether oxygens (including phenoxy) is 15. The normalized spacial score (nSPS) is 51.5. The highest BCUT2D eigenvalue weighted by molar-refractivity contribution is 5.76. The molecule has 0 aromatic carbocycles. The topological polar surface area (TPSA) is 647 Å². The molecule has 40 nitrogen and oxygen atoms in total. The third-order valence-electron chi connectivity index (χ3n) is 19.5. The van der Waals surface area contributed by atoms with Gasteiger partial charge in [0, 0.05) is 24.2 Å². The monoisotopic (exact) mass is 1410 g/mol. The molecule has 0 aliphatic carbocycles. The molecule has 40 heteroatoms. The molecule has 8 heterocycles. The summed E-state index contributed by atoms with van der Waals surface area (Å²) in [5.41, 5.74) is 5.92. The van der Waals surface area contributed by atoms with Crippen LogP contribution in [0.3, 0.4) is 0 Å². The van der Waals surface area contributed by atoms with E-state index in [9.17, 15) is 122 Å². The Morgan fingerprint density at radius 3 is 1.41 bits per heavy atom. The van der Waals surface area contributed by atoms with E-state index in [4.69, 9.17) is 76.8 Å². The highest BCUT2D eigenvalue weighted by Gasteiger charge is 2.61. The number of hydrogen-bond acceptors (Lipinski definition) is 39. The number of hydrogen-bond donors (Lipinski definition) is 24. The van der Waals surface area contributed by atoms with Crippen molar-refractivity contribution in [1.29, 1.82) is 0 Å². The van der Waals surface area contributed by atoms with Crippen LogP contribution in [0.5, 0.6) is 0 Å². The third-order valence-corrected chi connectivity index (χ3v) is 19.5. The molecular weight excluding hydrogens is 1310 g/mol. The first-order valence-corrected chi connectivity index (χ1v) is 31.6. The van der Waals surface area contributed by atoms with Crippen molar-refractivity contribution in [3.63, 3.8) is 0 Å². The fraction of sp³-hybridized carbons (Fsp3) is 0.982. The molecule has 0 spiro atoms. The molecule has 17 unspecified atom stereocenters. The summed E-state index contributed by atoms with van der Waals surface area (Å²) < 4.78 is 88.3. The van der Waals surface area contributed by atoms with Crippen LogP contribution in [0.1, 0.15) is 41.0 Å². The molecule has 8 fully saturated rings. The van der Waals surface area contributed by atoms with Crippen molar-refractivity contribution in [2.24, 2.45) is 29.4 Å². The summed E-state index contributed by atoms with van der Waals surface area (Å²) in [6.45, 7) is 0.893. The van der Waals surface area contributed by atoms with E-state index in [-0.39, 0.29) is 0 Å². The van der Waals surface area contributed by atoms with Crippen LogP contribution in [0.2, 0.25) is 0 Å². The lowest BCUT2D eigenvalue weighted by Gasteiger charge is -2.51. The molecule has 560 valence electrons. The van der Waals surface area contributed by atoms with Crippen LogP contribution in [0.25, 0.3) is 0 Å². The Hall–Kier alpha value is -2.05. The lowest BCUT2D eigenvalue weighted by molar-refractivity contribution is -0.402. The maximum Gasteiger partial charge on any atom is 0.364 e. The number of nitrogens with two attached hydrogens (primary N) is 1. The first-order valence-electron chi connectivity index (χ1n) is 31.6. The Labute approximate surface area is 547 Å². The smallest absolute Gasteiger partial charge is 0.364 e. The number of aliphatic hydroxyl groups excluding tert-OH is 22. The summed E-state index contributed by atoms with van der Waals surface area (Å²) >= 11 is 0. The molecule has 0 radical (unpaired) electrons. The van der Waals surface area contributed by atoms with Crippen LogP contribution in [0, 0.1) is 23.7 Å². The van der Waals surface area contributed by atoms with Gasteiger partial charge >= 0.3 is 5.97 Å². The molecule has 0 bridgehead atoms. The largest absolute Gasteiger partial charge is 0.477 e. The van der Waals surface area contributed by atoms with Crippen LogP contribution in [-0.2, 0) is 75.8 Å². The number of aliphatic carboxylic acids is 1. The van der Waals surface area contributed by atoms with Crippen LogP contribution in [0.15, 0.2) is 0 Å². The number of carboxylic acids is 1. The second kappa shape index (κ2) is 33.6. The maximum atomic E-state index is 12.7. The average Bonchev–Trinajstić information content (AvgIpc) is 0.782. The molecule has 8 rings (SSSR count). The molecule has 0 aromatic heterocycles. The summed E-state index contributed by atoms with van der Waals surface area (Å²) in [6, 6.07) is -1.57. The first kappa shape index (κ1) is 79.6. The van der Waals surface area contributed by atoms with Crippen LogP contribution < -0.4 is 5.73 Å². The molecule has 96 heavy (non-hydrogen) atoms. The van der Waals surface area contributed by atoms with E-state index in [0.717, 1.165) is 0 Å². The average molecular weight is 1410 g/mol. The number of carbonyl (C=O) groups is 1. The third kappa shape index (κ3) is 16.3. The van der Waals surface area contributed by atoms with Gasteiger partial charge in [-0.05, 0) is 13.8 Å². The zero-order valence-electron chi connectivity index (χ0n) is 52.7. The predicted molar refractivity (Wildman–Crippen MR) is 301 cm³/mol. The van der Waals surface area contributed by atoms with Crippen LogP contribution >= 0.6 is 0 Å². The second-order valence-electron chi connectivity index (χ2n) is 25.8. The lowest BCUT2D eigenvalue weighted by atomic mass is 9.87. The van der Waals surface area contributed by atoms with E-state index in [2.05, 4.69) is 0 Å². The Morgan fingerprint density at radius 2 is 0.885 bits per heavy atom. The Morgan fingerprint density at radius 1 is 0.448 bits per heavy atom. The minimum Gasteiger partial charge on any atom is -0.477 e. The summed E-state index contributed by atoms with van der Waals surface area (Å²) in [6.07, 6.45) is -66.3. The predicted octanol–water partition coefficient (Wildman–Crippen LogP) is -13.8. The van der Waals surface area contributed by atoms with Crippen LogP contribution in [-0.4, -0.2) is 403 Å². The van der Waals surface area contributed by atoms with E-state index < -0.39 is 315 Å². The molecule has 8 saturated heterocycles. The highest BCUT2D eigenvalue weighted by atomic mass is 16.8. The van der Waals surface area contributed by atoms with Gasteiger partial charge in [-0.1, -0.05) is 20.8 Å². The van der Waals surface area contributed by atoms with Crippen molar-refractivity contribution >= 4 is 5.97 Å². The summed E-state index contributed by atoms with van der Waals surface area (Å²) in [7, 11) is 0. The van der Waals surface area contributed by atoms with Gasteiger partial charge in [0.15, 0.2) is 44.0 Å². The summed E-state index contributed by atoms with van der Waals surface area (Å²) in [5.74, 6) is -9.83. The molecule has 42 atom stereocenters. The van der Waals surface area contributed by atoms with Gasteiger partial charge in [0.25, 0.3) is 5.79 Å². The van der Waals surface area contributed by atoms with E-state index in [1.54, 1.807) is 13.8 Å². The number of aliphatic hydroxyl groups is 22.